The summed E-state index contributed by atoms with van der Waals surface area (Å²) in [4.78, 5) is 11.4. The zero-order valence-electron chi connectivity index (χ0n) is 7.58. The van der Waals surface area contributed by atoms with Crippen LogP contribution in [0.1, 0.15) is 13.3 Å². The first-order valence-electron chi connectivity index (χ1n) is 4.24. The Balaban J connectivity index is 2.41. The first-order chi connectivity index (χ1) is 6.24. The van der Waals surface area contributed by atoms with Crippen molar-refractivity contribution in [2.75, 3.05) is 11.9 Å². The fraction of sp³-hybridized carbons (Fsp3) is 0.500. The smallest absolute Gasteiger partial charge is 0.228 e. The molecule has 1 unspecified atom stereocenters. The van der Waals surface area contributed by atoms with Gasteiger partial charge < -0.3 is 11.1 Å². The molecule has 0 fully saturated rings. The number of nitrogens with two attached hydrogens (primary N) is 1. The second-order valence-electron chi connectivity index (χ2n) is 2.94. The van der Waals surface area contributed by atoms with Crippen molar-refractivity contribution in [1.29, 1.82) is 0 Å². The van der Waals surface area contributed by atoms with Gasteiger partial charge in [-0.15, -0.1) is 0 Å². The van der Waals surface area contributed by atoms with E-state index in [1.54, 1.807) is 12.3 Å². The predicted octanol–water partition coefficient (Wildman–Crippen LogP) is 0.333. The van der Waals surface area contributed by atoms with Crippen LogP contribution >= 0.6 is 0 Å². The molecule has 4 N–H and O–H groups in total. The summed E-state index contributed by atoms with van der Waals surface area (Å²) in [5, 5.41) is 9.06. The lowest BCUT2D eigenvalue weighted by atomic mass is 10.1. The van der Waals surface area contributed by atoms with E-state index in [9.17, 15) is 4.79 Å². The molecule has 5 heteroatoms. The van der Waals surface area contributed by atoms with Crippen molar-refractivity contribution in [2.45, 2.75) is 13.3 Å². The van der Waals surface area contributed by atoms with Crippen molar-refractivity contribution in [2.24, 2.45) is 11.7 Å². The molecule has 72 valence electrons. The van der Waals surface area contributed by atoms with E-state index in [1.807, 2.05) is 6.92 Å². The topological polar surface area (TPSA) is 83.8 Å². The van der Waals surface area contributed by atoms with Crippen LogP contribution in [0.5, 0.6) is 0 Å². The third-order valence-corrected chi connectivity index (χ3v) is 1.81. The van der Waals surface area contributed by atoms with Gasteiger partial charge in [0.05, 0.1) is 6.20 Å². The van der Waals surface area contributed by atoms with Gasteiger partial charge in [-0.05, 0) is 13.0 Å². The van der Waals surface area contributed by atoms with Gasteiger partial charge in [-0.25, -0.2) is 0 Å². The monoisotopic (exact) mass is 182 g/mol. The van der Waals surface area contributed by atoms with Crippen molar-refractivity contribution in [3.05, 3.63) is 12.3 Å². The summed E-state index contributed by atoms with van der Waals surface area (Å²) < 4.78 is 0. The highest BCUT2D eigenvalue weighted by atomic mass is 16.1. The minimum Gasteiger partial charge on any atom is -0.330 e. The van der Waals surface area contributed by atoms with E-state index < -0.39 is 0 Å². The largest absolute Gasteiger partial charge is 0.330 e. The molecule has 0 aliphatic rings. The number of aromatic nitrogens is 2. The van der Waals surface area contributed by atoms with Gasteiger partial charge in [0.2, 0.25) is 5.91 Å². The Kier molecular flexibility index (Phi) is 3.45. The number of anilines is 1. The lowest BCUT2D eigenvalue weighted by molar-refractivity contribution is -0.119. The zero-order chi connectivity index (χ0) is 9.68. The summed E-state index contributed by atoms with van der Waals surface area (Å²) in [6.45, 7) is 2.37. The Morgan fingerprint density at radius 3 is 3.15 bits per heavy atom. The van der Waals surface area contributed by atoms with Crippen LogP contribution in [-0.4, -0.2) is 22.6 Å². The van der Waals surface area contributed by atoms with Crippen LogP contribution in [0.4, 0.5) is 5.82 Å². The van der Waals surface area contributed by atoms with Crippen molar-refractivity contribution < 1.29 is 4.79 Å². The van der Waals surface area contributed by atoms with Gasteiger partial charge in [0.1, 0.15) is 5.82 Å². The maximum Gasteiger partial charge on any atom is 0.228 e. The summed E-state index contributed by atoms with van der Waals surface area (Å²) in [5.41, 5.74) is 5.34. The Morgan fingerprint density at radius 1 is 1.85 bits per heavy atom. The van der Waals surface area contributed by atoms with Gasteiger partial charge in [-0.3, -0.25) is 9.89 Å². The first kappa shape index (κ1) is 9.73. The van der Waals surface area contributed by atoms with E-state index in [0.29, 0.717) is 18.8 Å². The zero-order valence-corrected chi connectivity index (χ0v) is 7.58. The number of carbonyl (C=O) groups is 1. The summed E-state index contributed by atoms with van der Waals surface area (Å²) >= 11 is 0. The summed E-state index contributed by atoms with van der Waals surface area (Å²) in [6.07, 6.45) is 2.28. The second kappa shape index (κ2) is 4.61. The maximum absolute atomic E-state index is 11.4. The molecule has 0 aliphatic carbocycles. The molecule has 0 aliphatic heterocycles. The number of aromatic amines is 1. The van der Waals surface area contributed by atoms with Crippen LogP contribution in [0.25, 0.3) is 0 Å². The quantitative estimate of drug-likeness (QED) is 0.627. The fourth-order valence-electron chi connectivity index (χ4n) is 0.963. The van der Waals surface area contributed by atoms with Crippen molar-refractivity contribution >= 4 is 11.7 Å². The lowest BCUT2D eigenvalue weighted by Crippen LogP contribution is -2.22. The molecule has 1 aromatic heterocycles. The minimum atomic E-state index is -0.0618. The van der Waals surface area contributed by atoms with E-state index >= 15 is 0 Å². The Hall–Kier alpha value is -1.36. The average molecular weight is 182 g/mol. The van der Waals surface area contributed by atoms with Gasteiger partial charge >= 0.3 is 0 Å². The van der Waals surface area contributed by atoms with Crippen LogP contribution in [0.15, 0.2) is 12.3 Å². The third-order valence-electron chi connectivity index (χ3n) is 1.81. The highest BCUT2D eigenvalue weighted by Crippen LogP contribution is 2.05. The van der Waals surface area contributed by atoms with Crippen LogP contribution in [-0.2, 0) is 4.79 Å². The van der Waals surface area contributed by atoms with Gasteiger partial charge in [-0.2, -0.15) is 5.10 Å². The van der Waals surface area contributed by atoms with Crippen LogP contribution in [0.3, 0.4) is 0 Å². The predicted molar refractivity (Wildman–Crippen MR) is 50.1 cm³/mol. The van der Waals surface area contributed by atoms with Crippen molar-refractivity contribution in [3.63, 3.8) is 0 Å². The Labute approximate surface area is 76.7 Å². The van der Waals surface area contributed by atoms with Gasteiger partial charge in [0.15, 0.2) is 0 Å². The van der Waals surface area contributed by atoms with Gasteiger partial charge in [0, 0.05) is 12.0 Å². The molecule has 13 heavy (non-hydrogen) atoms. The second-order valence-corrected chi connectivity index (χ2v) is 2.94. The van der Waals surface area contributed by atoms with Crippen molar-refractivity contribution in [3.8, 4) is 0 Å². The molecule has 0 aromatic carbocycles. The highest BCUT2D eigenvalue weighted by Gasteiger charge is 2.11. The van der Waals surface area contributed by atoms with Gasteiger partial charge in [-0.1, -0.05) is 6.92 Å². The number of rotatable bonds is 4. The molecule has 1 heterocycles. The third kappa shape index (κ3) is 2.87. The molecule has 0 saturated carbocycles. The van der Waals surface area contributed by atoms with E-state index in [1.165, 1.54) is 0 Å². The SMILES string of the molecule is CC(CCN)C(=O)Nc1ccn[nH]1. The molecule has 1 atom stereocenters. The Bertz CT molecular complexity index is 257. The van der Waals surface area contributed by atoms with Crippen LogP contribution in [0, 0.1) is 5.92 Å². The molecule has 0 spiro atoms. The van der Waals surface area contributed by atoms with Gasteiger partial charge in [0.25, 0.3) is 0 Å². The molecular formula is C8H14N4O. The average Bonchev–Trinajstić information content (AvgIpc) is 2.57. The maximum atomic E-state index is 11.4. The standard InChI is InChI=1S/C8H14N4O/c1-6(2-4-9)8(13)11-7-3-5-10-12-7/h3,5-6H,2,4,9H2,1H3,(H2,10,11,12,13). The lowest BCUT2D eigenvalue weighted by Gasteiger charge is -2.08. The minimum absolute atomic E-state index is 0.0327. The summed E-state index contributed by atoms with van der Waals surface area (Å²) in [6, 6.07) is 1.70. The number of nitrogens with zero attached hydrogens (tertiary/aromatic N) is 1. The van der Waals surface area contributed by atoms with Crippen LogP contribution < -0.4 is 11.1 Å². The number of hydrogen-bond acceptors (Lipinski definition) is 3. The molecule has 0 radical (unpaired) electrons. The summed E-state index contributed by atoms with van der Waals surface area (Å²) in [5.74, 6) is 0.525. The normalized spacial score (nSPS) is 12.5. The molecule has 5 nitrogen and oxygen atoms in total. The number of H-pyrrole nitrogens is 1. The molecule has 1 amide bonds. The number of amides is 1. The molecule has 1 aromatic rings. The van der Waals surface area contributed by atoms with Crippen molar-refractivity contribution in [1.82, 2.24) is 10.2 Å². The fourth-order valence-corrected chi connectivity index (χ4v) is 0.963. The van der Waals surface area contributed by atoms with E-state index in [-0.39, 0.29) is 11.8 Å². The van der Waals surface area contributed by atoms with E-state index in [4.69, 9.17) is 5.73 Å². The van der Waals surface area contributed by atoms with E-state index in [0.717, 1.165) is 0 Å². The Morgan fingerprint density at radius 2 is 2.62 bits per heavy atom. The summed E-state index contributed by atoms with van der Waals surface area (Å²) in [7, 11) is 0. The molecule has 1 rings (SSSR count). The molecule has 0 saturated heterocycles. The van der Waals surface area contributed by atoms with E-state index in [2.05, 4.69) is 15.5 Å². The number of nitrogens with one attached hydrogen (secondary N) is 2. The first-order valence-corrected chi connectivity index (χ1v) is 4.24. The number of carbonyl (C=O) groups excluding carboxylic acids is 1. The highest BCUT2D eigenvalue weighted by molar-refractivity contribution is 5.91. The molecular weight excluding hydrogens is 168 g/mol. The number of hydrogen-bond donors (Lipinski definition) is 3. The van der Waals surface area contributed by atoms with Crippen LogP contribution in [0.2, 0.25) is 0 Å². The molecule has 0 bridgehead atoms.